The molecule has 1 unspecified atom stereocenters. The van der Waals surface area contributed by atoms with Crippen LogP contribution in [0.2, 0.25) is 0 Å². The summed E-state index contributed by atoms with van der Waals surface area (Å²) in [5.74, 6) is 0.992. The molecule has 2 amide bonds. The number of hydrogen-bond donors (Lipinski definition) is 2. The van der Waals surface area contributed by atoms with Crippen molar-refractivity contribution in [3.63, 3.8) is 0 Å². The van der Waals surface area contributed by atoms with E-state index < -0.39 is 5.25 Å². The van der Waals surface area contributed by atoms with Crippen LogP contribution in [0, 0.1) is 0 Å². The number of aromatic nitrogens is 1. The van der Waals surface area contributed by atoms with E-state index in [4.69, 9.17) is 9.47 Å². The molecule has 9 heteroatoms. The SMILES string of the molecule is COc1ccc(C(=O)Nc2cccc(SC(C(=O)Nc3nc(-c4cccc(OC)c4)cs3)c3ccccc3)c2)cc1. The molecule has 0 bridgehead atoms. The first-order valence-electron chi connectivity index (χ1n) is 12.7. The van der Waals surface area contributed by atoms with Gasteiger partial charge in [-0.05, 0) is 60.2 Å². The fourth-order valence-electron chi connectivity index (χ4n) is 4.05. The topological polar surface area (TPSA) is 89.5 Å². The van der Waals surface area contributed by atoms with Crippen LogP contribution >= 0.6 is 23.1 Å². The van der Waals surface area contributed by atoms with Gasteiger partial charge in [-0.3, -0.25) is 9.59 Å². The predicted octanol–water partition coefficient (Wildman–Crippen LogP) is 7.55. The van der Waals surface area contributed by atoms with Crippen molar-refractivity contribution >= 4 is 45.7 Å². The van der Waals surface area contributed by atoms with E-state index in [0.717, 1.165) is 27.5 Å². The number of hydrogen-bond acceptors (Lipinski definition) is 7. The quantitative estimate of drug-likeness (QED) is 0.166. The van der Waals surface area contributed by atoms with E-state index in [-0.39, 0.29) is 11.8 Å². The van der Waals surface area contributed by atoms with Gasteiger partial charge in [0.2, 0.25) is 5.91 Å². The van der Waals surface area contributed by atoms with Crippen molar-refractivity contribution in [1.82, 2.24) is 4.98 Å². The summed E-state index contributed by atoms with van der Waals surface area (Å²) in [6.07, 6.45) is 0. The largest absolute Gasteiger partial charge is 0.497 e. The zero-order chi connectivity index (χ0) is 28.6. The Morgan fingerprint density at radius 3 is 2.32 bits per heavy atom. The molecule has 0 aliphatic carbocycles. The summed E-state index contributed by atoms with van der Waals surface area (Å²) in [4.78, 5) is 31.8. The van der Waals surface area contributed by atoms with Gasteiger partial charge in [0.05, 0.1) is 19.9 Å². The van der Waals surface area contributed by atoms with Crippen LogP contribution in [-0.2, 0) is 4.79 Å². The maximum Gasteiger partial charge on any atom is 0.255 e. The highest BCUT2D eigenvalue weighted by Gasteiger charge is 2.23. The van der Waals surface area contributed by atoms with Crippen molar-refractivity contribution in [2.45, 2.75) is 10.1 Å². The highest BCUT2D eigenvalue weighted by Crippen LogP contribution is 2.38. The van der Waals surface area contributed by atoms with Gasteiger partial charge in [0.1, 0.15) is 16.7 Å². The molecule has 0 radical (unpaired) electrons. The van der Waals surface area contributed by atoms with Crippen LogP contribution in [0.5, 0.6) is 11.5 Å². The summed E-state index contributed by atoms with van der Waals surface area (Å²) in [7, 11) is 3.20. The van der Waals surface area contributed by atoms with Gasteiger partial charge in [-0.25, -0.2) is 4.98 Å². The molecule has 0 aliphatic rings. The van der Waals surface area contributed by atoms with Crippen LogP contribution in [0.4, 0.5) is 10.8 Å². The summed E-state index contributed by atoms with van der Waals surface area (Å²) in [6, 6.07) is 31.6. The molecule has 0 spiro atoms. The average Bonchev–Trinajstić information content (AvgIpc) is 3.49. The number of methoxy groups -OCH3 is 2. The first-order valence-corrected chi connectivity index (χ1v) is 14.5. The van der Waals surface area contributed by atoms with Gasteiger partial charge in [-0.1, -0.05) is 48.5 Å². The lowest BCUT2D eigenvalue weighted by Crippen LogP contribution is -2.19. The van der Waals surface area contributed by atoms with E-state index in [1.165, 1.54) is 23.1 Å². The molecule has 0 saturated carbocycles. The van der Waals surface area contributed by atoms with Crippen LogP contribution < -0.4 is 20.1 Å². The molecular formula is C32H27N3O4S2. The summed E-state index contributed by atoms with van der Waals surface area (Å²) in [5, 5.41) is 7.79. The zero-order valence-corrected chi connectivity index (χ0v) is 24.0. The second-order valence-corrected chi connectivity index (χ2v) is 10.9. The Morgan fingerprint density at radius 1 is 0.805 bits per heavy atom. The standard InChI is InChI=1S/C32H27N3O4S2/c1-38-25-16-14-22(15-17-25)30(36)33-24-11-7-13-27(19-24)41-29(21-8-4-3-5-9-21)31(37)35-32-34-28(20-40-32)23-10-6-12-26(18-23)39-2/h3-20,29H,1-2H3,(H,33,36)(H,34,35,37). The number of nitrogens with one attached hydrogen (secondary N) is 2. The number of rotatable bonds is 10. The number of thiazole rings is 1. The smallest absolute Gasteiger partial charge is 0.255 e. The van der Waals surface area contributed by atoms with Gasteiger partial charge in [0.25, 0.3) is 5.91 Å². The Labute approximate surface area is 246 Å². The molecule has 5 rings (SSSR count). The molecule has 2 N–H and O–H groups in total. The van der Waals surface area contributed by atoms with E-state index in [9.17, 15) is 9.59 Å². The van der Waals surface area contributed by atoms with Gasteiger partial charge in [0, 0.05) is 27.1 Å². The molecule has 0 aliphatic heterocycles. The minimum absolute atomic E-state index is 0.194. The number of nitrogens with zero attached hydrogens (tertiary/aromatic N) is 1. The van der Waals surface area contributed by atoms with Gasteiger partial charge in [-0.15, -0.1) is 23.1 Å². The molecule has 4 aromatic carbocycles. The second kappa shape index (κ2) is 13.2. The Balaban J connectivity index is 1.32. The number of benzene rings is 4. The number of carbonyl (C=O) groups excluding carboxylic acids is 2. The minimum atomic E-state index is -0.548. The van der Waals surface area contributed by atoms with Crippen LogP contribution in [-0.4, -0.2) is 31.0 Å². The molecular weight excluding hydrogens is 555 g/mol. The fraction of sp³-hybridized carbons (Fsp3) is 0.0938. The van der Waals surface area contributed by atoms with Crippen molar-refractivity contribution in [1.29, 1.82) is 0 Å². The minimum Gasteiger partial charge on any atom is -0.497 e. The third-order valence-corrected chi connectivity index (χ3v) is 8.14. The van der Waals surface area contributed by atoms with Crippen molar-refractivity contribution in [3.05, 3.63) is 120 Å². The lowest BCUT2D eigenvalue weighted by molar-refractivity contribution is -0.115. The third kappa shape index (κ3) is 7.13. The molecule has 206 valence electrons. The van der Waals surface area contributed by atoms with E-state index >= 15 is 0 Å². The molecule has 1 atom stereocenters. The van der Waals surface area contributed by atoms with E-state index in [2.05, 4.69) is 15.6 Å². The number of amides is 2. The normalized spacial score (nSPS) is 11.4. The molecule has 7 nitrogen and oxygen atoms in total. The maximum atomic E-state index is 13.6. The highest BCUT2D eigenvalue weighted by atomic mass is 32.2. The summed E-state index contributed by atoms with van der Waals surface area (Å²) in [6.45, 7) is 0. The predicted molar refractivity (Wildman–Crippen MR) is 165 cm³/mol. The first kappa shape index (κ1) is 27.9. The Bertz CT molecular complexity index is 1640. The number of carbonyl (C=O) groups is 2. The van der Waals surface area contributed by atoms with E-state index in [0.29, 0.717) is 22.1 Å². The average molecular weight is 582 g/mol. The van der Waals surface area contributed by atoms with Crippen molar-refractivity contribution < 1.29 is 19.1 Å². The summed E-state index contributed by atoms with van der Waals surface area (Å²) in [5.41, 5.74) is 3.66. The van der Waals surface area contributed by atoms with Crippen LogP contribution in [0.15, 0.2) is 113 Å². The Kier molecular flexibility index (Phi) is 8.98. The van der Waals surface area contributed by atoms with Crippen LogP contribution in [0.3, 0.4) is 0 Å². The molecule has 0 fully saturated rings. The Hall–Kier alpha value is -4.60. The van der Waals surface area contributed by atoms with Gasteiger partial charge in [0.15, 0.2) is 5.13 Å². The van der Waals surface area contributed by atoms with E-state index in [1.807, 2.05) is 84.2 Å². The maximum absolute atomic E-state index is 13.6. The van der Waals surface area contributed by atoms with Crippen LogP contribution in [0.1, 0.15) is 21.2 Å². The van der Waals surface area contributed by atoms with Gasteiger partial charge >= 0.3 is 0 Å². The lowest BCUT2D eigenvalue weighted by Gasteiger charge is -2.17. The lowest BCUT2D eigenvalue weighted by atomic mass is 10.1. The monoisotopic (exact) mass is 581 g/mol. The van der Waals surface area contributed by atoms with E-state index in [1.54, 1.807) is 38.5 Å². The number of anilines is 2. The number of thioether (sulfide) groups is 1. The van der Waals surface area contributed by atoms with Crippen LogP contribution in [0.25, 0.3) is 11.3 Å². The fourth-order valence-corrected chi connectivity index (χ4v) is 5.85. The highest BCUT2D eigenvalue weighted by molar-refractivity contribution is 8.00. The molecule has 1 heterocycles. The van der Waals surface area contributed by atoms with Gasteiger partial charge in [-0.2, -0.15) is 0 Å². The first-order chi connectivity index (χ1) is 20.0. The summed E-state index contributed by atoms with van der Waals surface area (Å²) < 4.78 is 10.5. The Morgan fingerprint density at radius 2 is 1.56 bits per heavy atom. The second-order valence-electron chi connectivity index (χ2n) is 8.88. The molecule has 0 saturated heterocycles. The molecule has 41 heavy (non-hydrogen) atoms. The molecule has 5 aromatic rings. The molecule has 1 aromatic heterocycles. The van der Waals surface area contributed by atoms with Crippen molar-refractivity contribution in [2.24, 2.45) is 0 Å². The van der Waals surface area contributed by atoms with Gasteiger partial charge < -0.3 is 20.1 Å². The van der Waals surface area contributed by atoms with Crippen molar-refractivity contribution in [3.8, 4) is 22.8 Å². The summed E-state index contributed by atoms with van der Waals surface area (Å²) >= 11 is 2.77. The van der Waals surface area contributed by atoms with Crippen molar-refractivity contribution in [2.75, 3.05) is 24.9 Å². The third-order valence-electron chi connectivity index (χ3n) is 6.14. The number of ether oxygens (including phenoxy) is 2. The zero-order valence-electron chi connectivity index (χ0n) is 22.4.